The Bertz CT molecular complexity index is 345. The second-order valence-electron chi connectivity index (χ2n) is 6.84. The van der Waals surface area contributed by atoms with Gasteiger partial charge in [-0.05, 0) is 55.8 Å². The van der Waals surface area contributed by atoms with Gasteiger partial charge in [0.15, 0.2) is 0 Å². The zero-order chi connectivity index (χ0) is 11.6. The highest BCUT2D eigenvalue weighted by Gasteiger charge is 2.64. The molecule has 1 nitrogen and oxygen atoms in total. The van der Waals surface area contributed by atoms with Crippen molar-refractivity contribution in [2.45, 2.75) is 46.5 Å². The van der Waals surface area contributed by atoms with Crippen LogP contribution >= 0.6 is 0 Å². The molecule has 0 saturated heterocycles. The number of hydrogen-bond acceptors (Lipinski definition) is 1. The van der Waals surface area contributed by atoms with Crippen molar-refractivity contribution in [3.63, 3.8) is 0 Å². The maximum absolute atomic E-state index is 9.89. The topological polar surface area (TPSA) is 20.2 Å². The lowest BCUT2D eigenvalue weighted by molar-refractivity contribution is 0.0509. The average molecular weight is 220 g/mol. The van der Waals surface area contributed by atoms with E-state index in [9.17, 15) is 5.11 Å². The van der Waals surface area contributed by atoms with E-state index in [0.717, 1.165) is 11.8 Å². The molecule has 3 aliphatic carbocycles. The molecule has 1 spiro atoms. The first-order valence-corrected chi connectivity index (χ1v) is 6.82. The minimum atomic E-state index is 0.168. The van der Waals surface area contributed by atoms with Crippen molar-refractivity contribution in [3.8, 4) is 0 Å². The van der Waals surface area contributed by atoms with Gasteiger partial charge in [0.25, 0.3) is 0 Å². The fraction of sp³-hybridized carbons (Fsp3) is 0.867. The number of rotatable bonds is 1. The highest BCUT2D eigenvalue weighted by molar-refractivity contribution is 5.26. The molecule has 16 heavy (non-hydrogen) atoms. The van der Waals surface area contributed by atoms with E-state index in [1.54, 1.807) is 5.57 Å². The Morgan fingerprint density at radius 2 is 2.19 bits per heavy atom. The fourth-order valence-electron chi connectivity index (χ4n) is 5.34. The lowest BCUT2D eigenvalue weighted by atomic mass is 9.68. The number of aliphatic hydroxyl groups excluding tert-OH is 1. The van der Waals surface area contributed by atoms with Gasteiger partial charge in [0.05, 0.1) is 0 Å². The zero-order valence-corrected chi connectivity index (χ0v) is 10.8. The van der Waals surface area contributed by atoms with Crippen molar-refractivity contribution in [2.75, 3.05) is 6.61 Å². The molecular weight excluding hydrogens is 196 g/mol. The SMILES string of the molecule is CC1=CCC23CC1C(C)(CO)C2CCC3C. The van der Waals surface area contributed by atoms with Crippen LogP contribution in [0.5, 0.6) is 0 Å². The van der Waals surface area contributed by atoms with Crippen LogP contribution in [0.4, 0.5) is 0 Å². The van der Waals surface area contributed by atoms with Crippen LogP contribution in [0, 0.1) is 28.6 Å². The molecule has 1 heteroatoms. The van der Waals surface area contributed by atoms with Gasteiger partial charge >= 0.3 is 0 Å². The van der Waals surface area contributed by atoms with Crippen molar-refractivity contribution in [1.29, 1.82) is 0 Å². The molecule has 3 rings (SSSR count). The average Bonchev–Trinajstić information content (AvgIpc) is 2.70. The maximum Gasteiger partial charge on any atom is 0.0493 e. The Morgan fingerprint density at radius 3 is 2.88 bits per heavy atom. The second-order valence-corrected chi connectivity index (χ2v) is 6.84. The molecule has 5 unspecified atom stereocenters. The Balaban J connectivity index is 2.10. The zero-order valence-electron chi connectivity index (χ0n) is 10.8. The second kappa shape index (κ2) is 3.13. The summed E-state index contributed by atoms with van der Waals surface area (Å²) >= 11 is 0. The van der Waals surface area contributed by atoms with E-state index in [-0.39, 0.29) is 5.41 Å². The summed E-state index contributed by atoms with van der Waals surface area (Å²) in [6.07, 6.45) is 7.81. The normalized spacial score (nSPS) is 55.0. The maximum atomic E-state index is 9.89. The van der Waals surface area contributed by atoms with Gasteiger partial charge in [-0.15, -0.1) is 0 Å². The van der Waals surface area contributed by atoms with Crippen LogP contribution in [0.15, 0.2) is 11.6 Å². The van der Waals surface area contributed by atoms with Gasteiger partial charge in [-0.2, -0.15) is 0 Å². The molecule has 2 fully saturated rings. The first kappa shape index (κ1) is 10.8. The third kappa shape index (κ3) is 1.01. The number of allylic oxidation sites excluding steroid dienone is 2. The van der Waals surface area contributed by atoms with Crippen molar-refractivity contribution in [2.24, 2.45) is 28.6 Å². The smallest absolute Gasteiger partial charge is 0.0493 e. The van der Waals surface area contributed by atoms with E-state index < -0.39 is 0 Å². The molecule has 0 heterocycles. The Hall–Kier alpha value is -0.300. The van der Waals surface area contributed by atoms with Crippen LogP contribution in [-0.2, 0) is 0 Å². The minimum absolute atomic E-state index is 0.168. The van der Waals surface area contributed by atoms with Crippen LogP contribution in [0.25, 0.3) is 0 Å². The summed E-state index contributed by atoms with van der Waals surface area (Å²) in [7, 11) is 0. The lowest BCUT2D eigenvalue weighted by Gasteiger charge is -2.37. The summed E-state index contributed by atoms with van der Waals surface area (Å²) in [4.78, 5) is 0. The quantitative estimate of drug-likeness (QED) is 0.672. The largest absolute Gasteiger partial charge is 0.396 e. The molecule has 0 aromatic heterocycles. The predicted octanol–water partition coefficient (Wildman–Crippen LogP) is 3.39. The monoisotopic (exact) mass is 220 g/mol. The summed E-state index contributed by atoms with van der Waals surface area (Å²) < 4.78 is 0. The third-order valence-electron chi connectivity index (χ3n) is 6.43. The molecule has 2 saturated carbocycles. The van der Waals surface area contributed by atoms with E-state index >= 15 is 0 Å². The molecule has 0 aliphatic heterocycles. The first-order chi connectivity index (χ1) is 7.54. The Morgan fingerprint density at radius 1 is 1.44 bits per heavy atom. The summed E-state index contributed by atoms with van der Waals surface area (Å²) in [6.45, 7) is 7.43. The lowest BCUT2D eigenvalue weighted by Crippen LogP contribution is -2.35. The van der Waals surface area contributed by atoms with E-state index in [4.69, 9.17) is 0 Å². The van der Waals surface area contributed by atoms with Crippen molar-refractivity contribution in [1.82, 2.24) is 0 Å². The van der Waals surface area contributed by atoms with Gasteiger partial charge in [-0.3, -0.25) is 0 Å². The third-order valence-corrected chi connectivity index (χ3v) is 6.43. The van der Waals surface area contributed by atoms with Crippen LogP contribution in [-0.4, -0.2) is 11.7 Å². The van der Waals surface area contributed by atoms with E-state index in [1.165, 1.54) is 25.7 Å². The summed E-state index contributed by atoms with van der Waals surface area (Å²) in [5, 5.41) is 9.89. The molecule has 2 bridgehead atoms. The fourth-order valence-corrected chi connectivity index (χ4v) is 5.34. The molecule has 1 N–H and O–H groups in total. The summed E-state index contributed by atoms with van der Waals surface area (Å²) in [5.74, 6) is 2.27. The van der Waals surface area contributed by atoms with E-state index in [0.29, 0.717) is 17.9 Å². The van der Waals surface area contributed by atoms with Crippen molar-refractivity contribution < 1.29 is 5.11 Å². The van der Waals surface area contributed by atoms with Crippen LogP contribution in [0.3, 0.4) is 0 Å². The first-order valence-electron chi connectivity index (χ1n) is 6.82. The Labute approximate surface area is 98.9 Å². The van der Waals surface area contributed by atoms with Crippen LogP contribution < -0.4 is 0 Å². The van der Waals surface area contributed by atoms with Crippen molar-refractivity contribution >= 4 is 0 Å². The van der Waals surface area contributed by atoms with Gasteiger partial charge in [0.2, 0.25) is 0 Å². The molecule has 90 valence electrons. The van der Waals surface area contributed by atoms with Gasteiger partial charge in [0, 0.05) is 12.0 Å². The summed E-state index contributed by atoms with van der Waals surface area (Å²) in [6, 6.07) is 0. The van der Waals surface area contributed by atoms with Gasteiger partial charge in [-0.25, -0.2) is 0 Å². The number of aliphatic hydroxyl groups is 1. The van der Waals surface area contributed by atoms with Crippen molar-refractivity contribution in [3.05, 3.63) is 11.6 Å². The van der Waals surface area contributed by atoms with Crippen LogP contribution in [0.1, 0.15) is 46.5 Å². The molecule has 0 radical (unpaired) electrons. The molecule has 0 aromatic carbocycles. The van der Waals surface area contributed by atoms with Gasteiger partial charge < -0.3 is 5.11 Å². The highest BCUT2D eigenvalue weighted by Crippen LogP contribution is 2.71. The van der Waals surface area contributed by atoms with E-state index in [1.807, 2.05) is 0 Å². The highest BCUT2D eigenvalue weighted by atomic mass is 16.3. The molecule has 0 aromatic rings. The molecule has 5 atom stereocenters. The van der Waals surface area contributed by atoms with Gasteiger partial charge in [0.1, 0.15) is 0 Å². The molecular formula is C15H24O. The standard InChI is InChI=1S/C15H24O/c1-10-6-7-15-8-12(10)14(3,9-16)13(15)5-4-11(15)2/h6,11-13,16H,4-5,7-9H2,1-3H3. The predicted molar refractivity (Wildman–Crippen MR) is 66.0 cm³/mol. The Kier molecular flexibility index (Phi) is 2.12. The van der Waals surface area contributed by atoms with E-state index in [2.05, 4.69) is 26.8 Å². The van der Waals surface area contributed by atoms with Gasteiger partial charge in [-0.1, -0.05) is 25.5 Å². The number of hydrogen-bond donors (Lipinski definition) is 1. The summed E-state index contributed by atoms with van der Waals surface area (Å²) in [5.41, 5.74) is 2.26. The number of fused-ring (bicyclic) bond motifs is 1. The molecule has 0 amide bonds. The molecule has 3 aliphatic rings. The minimum Gasteiger partial charge on any atom is -0.396 e. The van der Waals surface area contributed by atoms with Crippen LogP contribution in [0.2, 0.25) is 0 Å².